The van der Waals surface area contributed by atoms with Crippen LogP contribution in [0.3, 0.4) is 0 Å². The average Bonchev–Trinajstić information content (AvgIpc) is 2.43. The van der Waals surface area contributed by atoms with E-state index in [1.54, 1.807) is 0 Å². The lowest BCUT2D eigenvalue weighted by Crippen LogP contribution is -2.41. The fourth-order valence-electron chi connectivity index (χ4n) is 2.61. The molecule has 2 rings (SSSR count). The smallest absolute Gasteiger partial charge is 0.294 e. The summed E-state index contributed by atoms with van der Waals surface area (Å²) < 4.78 is 55.4. The lowest BCUT2D eigenvalue weighted by molar-refractivity contribution is 0.00815. The van der Waals surface area contributed by atoms with Crippen LogP contribution in [0.5, 0.6) is 0 Å². The summed E-state index contributed by atoms with van der Waals surface area (Å²) in [5.41, 5.74) is -3.04. The molecule has 2 aromatic rings. The highest BCUT2D eigenvalue weighted by atomic mass is 19.3. The van der Waals surface area contributed by atoms with Gasteiger partial charge in [-0.05, 0) is 25.5 Å². The molecule has 2 aromatic heterocycles. The Balaban J connectivity index is 2.82. The summed E-state index contributed by atoms with van der Waals surface area (Å²) in [6.45, 7) is 4.00. The van der Waals surface area contributed by atoms with Gasteiger partial charge in [-0.1, -0.05) is 0 Å². The lowest BCUT2D eigenvalue weighted by atomic mass is 10.1. The molecule has 5 nitrogen and oxygen atoms in total. The molecule has 0 atom stereocenters. The number of hydrogen-bond acceptors (Lipinski definition) is 3. The minimum Gasteiger partial charge on any atom is -0.294 e. The van der Waals surface area contributed by atoms with E-state index in [4.69, 9.17) is 0 Å². The zero-order valence-electron chi connectivity index (χ0n) is 14.3. The Morgan fingerprint density at radius 1 is 1.00 bits per heavy atom. The van der Waals surface area contributed by atoms with Crippen molar-refractivity contribution in [2.45, 2.75) is 39.5 Å². The van der Waals surface area contributed by atoms with Crippen LogP contribution in [-0.2, 0) is 18.9 Å². The van der Waals surface area contributed by atoms with E-state index in [2.05, 4.69) is 4.98 Å². The molecule has 0 aliphatic rings. The molecule has 0 aromatic carbocycles. The van der Waals surface area contributed by atoms with Crippen molar-refractivity contribution in [3.8, 4) is 5.82 Å². The Bertz CT molecular complexity index is 950. The molecule has 0 saturated carbocycles. The van der Waals surface area contributed by atoms with Crippen LogP contribution in [-0.4, -0.2) is 14.1 Å². The monoisotopic (exact) mass is 359 g/mol. The molecule has 0 fully saturated rings. The zero-order chi connectivity index (χ0) is 19.3. The van der Waals surface area contributed by atoms with Crippen LogP contribution in [0.2, 0.25) is 0 Å². The third-order valence-corrected chi connectivity index (χ3v) is 3.83. The SMILES string of the molecule is Cc1cc(C(C)(F)F)c(C)nc1-n1c(=O)cc(C(C)(F)F)n(C)c1=O. The number of aromatic nitrogens is 3. The molecule has 0 bridgehead atoms. The molecule has 136 valence electrons. The van der Waals surface area contributed by atoms with Crippen molar-refractivity contribution in [1.82, 2.24) is 14.1 Å². The lowest BCUT2D eigenvalue weighted by Gasteiger charge is -2.19. The van der Waals surface area contributed by atoms with Crippen LogP contribution >= 0.6 is 0 Å². The molecule has 0 aliphatic heterocycles. The van der Waals surface area contributed by atoms with E-state index >= 15 is 0 Å². The van der Waals surface area contributed by atoms with Gasteiger partial charge in [0.1, 0.15) is 5.82 Å². The van der Waals surface area contributed by atoms with Gasteiger partial charge in [0.25, 0.3) is 17.4 Å². The number of pyridine rings is 1. The Morgan fingerprint density at radius 3 is 2.04 bits per heavy atom. The second kappa shape index (κ2) is 5.82. The average molecular weight is 359 g/mol. The summed E-state index contributed by atoms with van der Waals surface area (Å²) in [5.74, 6) is -6.70. The highest BCUT2D eigenvalue weighted by Gasteiger charge is 2.31. The maximum atomic E-state index is 13.6. The number of aryl methyl sites for hydroxylation is 2. The second-order valence-corrected chi connectivity index (χ2v) is 6.08. The maximum Gasteiger partial charge on any atom is 0.337 e. The maximum absolute atomic E-state index is 13.6. The highest BCUT2D eigenvalue weighted by Crippen LogP contribution is 2.30. The summed E-state index contributed by atoms with van der Waals surface area (Å²) in [7, 11) is 1.10. The van der Waals surface area contributed by atoms with Crippen molar-refractivity contribution in [2.75, 3.05) is 0 Å². The molecule has 0 N–H and O–H groups in total. The summed E-state index contributed by atoms with van der Waals surface area (Å²) in [4.78, 5) is 28.6. The van der Waals surface area contributed by atoms with Crippen molar-refractivity contribution >= 4 is 0 Å². The van der Waals surface area contributed by atoms with Crippen LogP contribution < -0.4 is 11.2 Å². The van der Waals surface area contributed by atoms with Gasteiger partial charge < -0.3 is 0 Å². The van der Waals surface area contributed by atoms with E-state index in [1.807, 2.05) is 0 Å². The number of nitrogens with zero attached hydrogens (tertiary/aromatic N) is 3. The zero-order valence-corrected chi connectivity index (χ0v) is 14.3. The van der Waals surface area contributed by atoms with Gasteiger partial charge in [-0.15, -0.1) is 0 Å². The third kappa shape index (κ3) is 3.35. The predicted octanol–water partition coefficient (Wildman–Crippen LogP) is 2.77. The standard InChI is InChI=1S/C16H17F4N3O2/c1-8-6-10(15(3,17)18)9(2)21-13(8)23-12(24)7-11(16(4,19)20)22(5)14(23)25/h6-7H,1-5H3. The fraction of sp³-hybridized carbons (Fsp3) is 0.438. The summed E-state index contributed by atoms with van der Waals surface area (Å²) in [6.07, 6.45) is 0. The van der Waals surface area contributed by atoms with E-state index in [1.165, 1.54) is 13.8 Å². The molecular formula is C16H17F4N3O2. The molecule has 0 aliphatic carbocycles. The molecule has 0 unspecified atom stereocenters. The first kappa shape index (κ1) is 18.9. The van der Waals surface area contributed by atoms with Gasteiger partial charge in [-0.3, -0.25) is 9.36 Å². The highest BCUT2D eigenvalue weighted by molar-refractivity contribution is 5.40. The molecule has 0 spiro atoms. The van der Waals surface area contributed by atoms with Crippen molar-refractivity contribution in [1.29, 1.82) is 0 Å². The first-order valence-corrected chi connectivity index (χ1v) is 7.33. The van der Waals surface area contributed by atoms with Gasteiger partial charge in [0.15, 0.2) is 0 Å². The molecular weight excluding hydrogens is 342 g/mol. The van der Waals surface area contributed by atoms with Crippen LogP contribution in [0.15, 0.2) is 21.7 Å². The van der Waals surface area contributed by atoms with Crippen molar-refractivity contribution < 1.29 is 17.6 Å². The number of hydrogen-bond donors (Lipinski definition) is 0. The summed E-state index contributed by atoms with van der Waals surface area (Å²) >= 11 is 0. The third-order valence-electron chi connectivity index (χ3n) is 3.83. The van der Waals surface area contributed by atoms with Crippen LogP contribution in [0.4, 0.5) is 17.6 Å². The van der Waals surface area contributed by atoms with Crippen molar-refractivity contribution in [3.63, 3.8) is 0 Å². The molecule has 2 heterocycles. The topological polar surface area (TPSA) is 56.9 Å². The normalized spacial score (nSPS) is 12.5. The quantitative estimate of drug-likeness (QED) is 0.792. The van der Waals surface area contributed by atoms with E-state index in [0.717, 1.165) is 13.1 Å². The summed E-state index contributed by atoms with van der Waals surface area (Å²) in [5, 5.41) is 0. The minimum atomic E-state index is -3.39. The molecule has 0 amide bonds. The minimum absolute atomic E-state index is 0.0630. The van der Waals surface area contributed by atoms with Gasteiger partial charge >= 0.3 is 5.69 Å². The Labute approximate surface area is 140 Å². The fourth-order valence-corrected chi connectivity index (χ4v) is 2.61. The second-order valence-electron chi connectivity index (χ2n) is 6.08. The van der Waals surface area contributed by atoms with Gasteiger partial charge in [0.05, 0.1) is 5.69 Å². The number of rotatable bonds is 3. The Morgan fingerprint density at radius 2 is 1.56 bits per heavy atom. The first-order chi connectivity index (χ1) is 11.2. The number of alkyl halides is 4. The van der Waals surface area contributed by atoms with Crippen LogP contribution in [0.25, 0.3) is 5.82 Å². The van der Waals surface area contributed by atoms with Gasteiger partial charge in [0.2, 0.25) is 0 Å². The molecule has 0 radical (unpaired) electrons. The van der Waals surface area contributed by atoms with E-state index in [-0.39, 0.29) is 22.6 Å². The molecule has 9 heteroatoms. The number of halogens is 4. The summed E-state index contributed by atoms with van der Waals surface area (Å²) in [6, 6.07) is 1.77. The van der Waals surface area contributed by atoms with E-state index in [0.29, 0.717) is 29.0 Å². The Kier molecular flexibility index (Phi) is 4.39. The van der Waals surface area contributed by atoms with E-state index in [9.17, 15) is 27.2 Å². The Hall–Kier alpha value is -2.45. The van der Waals surface area contributed by atoms with Crippen molar-refractivity contribution in [3.05, 3.63) is 55.5 Å². The molecule has 25 heavy (non-hydrogen) atoms. The van der Waals surface area contributed by atoms with Gasteiger partial charge in [-0.2, -0.15) is 0 Å². The molecule has 0 saturated heterocycles. The van der Waals surface area contributed by atoms with E-state index < -0.39 is 28.8 Å². The van der Waals surface area contributed by atoms with Crippen LogP contribution in [0, 0.1) is 13.8 Å². The van der Waals surface area contributed by atoms with Gasteiger partial charge in [-0.25, -0.2) is 31.9 Å². The van der Waals surface area contributed by atoms with Gasteiger partial charge in [0, 0.05) is 38.2 Å². The first-order valence-electron chi connectivity index (χ1n) is 7.33. The largest absolute Gasteiger partial charge is 0.337 e. The van der Waals surface area contributed by atoms with Crippen LogP contribution in [0.1, 0.15) is 36.4 Å². The van der Waals surface area contributed by atoms with Crippen molar-refractivity contribution in [2.24, 2.45) is 7.05 Å². The predicted molar refractivity (Wildman–Crippen MR) is 83.7 cm³/mol.